The lowest BCUT2D eigenvalue weighted by Crippen LogP contribution is -2.34. The van der Waals surface area contributed by atoms with Crippen molar-refractivity contribution in [1.29, 1.82) is 0 Å². The number of benzene rings is 1. The minimum atomic E-state index is -3.84. The first-order valence-electron chi connectivity index (χ1n) is 7.27. The van der Waals surface area contributed by atoms with Gasteiger partial charge < -0.3 is 10.5 Å². The minimum Gasteiger partial charge on any atom is -0.491 e. The third-order valence-corrected chi connectivity index (χ3v) is 4.90. The van der Waals surface area contributed by atoms with Crippen LogP contribution in [0, 0.1) is 0 Å². The summed E-state index contributed by atoms with van der Waals surface area (Å²) in [7, 11) is -7.45. The zero-order valence-corrected chi connectivity index (χ0v) is 16.6. The second-order valence-corrected chi connectivity index (χ2v) is 9.55. The largest absolute Gasteiger partial charge is 0.491 e. The van der Waals surface area contributed by atoms with Crippen molar-refractivity contribution in [3.63, 3.8) is 0 Å². The Labute approximate surface area is 161 Å². The fourth-order valence-electron chi connectivity index (χ4n) is 2.14. The van der Waals surface area contributed by atoms with Crippen LogP contribution in [0.3, 0.4) is 0 Å². The van der Waals surface area contributed by atoms with Crippen molar-refractivity contribution in [3.05, 3.63) is 28.3 Å². The number of nitrogens with one attached hydrogen (secondary N) is 1. The first-order valence-corrected chi connectivity index (χ1v) is 11.4. The van der Waals surface area contributed by atoms with Crippen molar-refractivity contribution in [2.45, 2.75) is 11.3 Å². The Hall–Kier alpha value is -2.15. The molecule has 148 valence electrons. The van der Waals surface area contributed by atoms with Crippen LogP contribution in [0.25, 0.3) is 6.08 Å². The zero-order valence-electron chi connectivity index (χ0n) is 14.2. The molecule has 1 amide bonds. The van der Waals surface area contributed by atoms with E-state index in [4.69, 9.17) is 22.1 Å². The maximum Gasteiger partial charge on any atom is 0.285 e. The SMILES string of the molecule is CS(=O)(=O)ONC(N)=NC(=O)C1=Cc2cc(Cl)cc(S(C)(=O)=O)c2OCC1. The molecule has 0 aromatic heterocycles. The lowest BCUT2D eigenvalue weighted by Gasteiger charge is -2.11. The molecule has 0 saturated carbocycles. The Kier molecular flexibility index (Phi) is 6.14. The second-order valence-electron chi connectivity index (χ2n) is 5.55. The molecule has 0 atom stereocenters. The van der Waals surface area contributed by atoms with Gasteiger partial charge in [-0.1, -0.05) is 11.6 Å². The predicted molar refractivity (Wildman–Crippen MR) is 98.3 cm³/mol. The van der Waals surface area contributed by atoms with Crippen LogP contribution < -0.4 is 16.0 Å². The summed E-state index contributed by atoms with van der Waals surface area (Å²) in [6, 6.07) is 2.71. The van der Waals surface area contributed by atoms with E-state index in [9.17, 15) is 21.6 Å². The van der Waals surface area contributed by atoms with Gasteiger partial charge in [-0.05, 0) is 18.2 Å². The van der Waals surface area contributed by atoms with Gasteiger partial charge in [-0.3, -0.25) is 4.79 Å². The van der Waals surface area contributed by atoms with E-state index < -0.39 is 31.8 Å². The summed E-state index contributed by atoms with van der Waals surface area (Å²) in [5, 5.41) is 0.147. The molecule has 1 heterocycles. The number of carbonyl (C=O) groups excluding carboxylic acids is 1. The van der Waals surface area contributed by atoms with Crippen LogP contribution in [0.1, 0.15) is 12.0 Å². The third-order valence-electron chi connectivity index (χ3n) is 3.19. The summed E-state index contributed by atoms with van der Waals surface area (Å²) < 4.78 is 55.4. The number of fused-ring (bicyclic) bond motifs is 1. The van der Waals surface area contributed by atoms with Crippen molar-refractivity contribution >= 4 is 49.5 Å². The zero-order chi connectivity index (χ0) is 20.4. The fraction of sp³-hybridized carbons (Fsp3) is 0.286. The van der Waals surface area contributed by atoms with Crippen LogP contribution in [0.2, 0.25) is 5.02 Å². The molecule has 27 heavy (non-hydrogen) atoms. The molecule has 0 unspecified atom stereocenters. The number of hydroxylamine groups is 1. The van der Waals surface area contributed by atoms with Gasteiger partial charge in [-0.15, -0.1) is 4.28 Å². The average molecular weight is 438 g/mol. The molecule has 1 aromatic rings. The number of nitrogens with zero attached hydrogens (tertiary/aromatic N) is 1. The number of sulfone groups is 1. The lowest BCUT2D eigenvalue weighted by atomic mass is 10.1. The van der Waals surface area contributed by atoms with E-state index in [-0.39, 0.29) is 39.8 Å². The molecule has 0 fully saturated rings. The van der Waals surface area contributed by atoms with Gasteiger partial charge in [0.15, 0.2) is 9.84 Å². The standard InChI is InChI=1S/C14H16ClN3O7S2/c1-26(20,21)11-7-10(15)6-9-5-8(3-4-24-12(9)11)13(19)17-14(16)18-25-27(2,22)23/h5-7H,3-4H2,1-2H3,(H3,16,17,18,19). The Bertz CT molecular complexity index is 1050. The number of hydrogen-bond acceptors (Lipinski definition) is 7. The van der Waals surface area contributed by atoms with Crippen LogP contribution in [0.15, 0.2) is 27.6 Å². The van der Waals surface area contributed by atoms with Gasteiger partial charge >= 0.3 is 0 Å². The van der Waals surface area contributed by atoms with Crippen molar-refractivity contribution in [3.8, 4) is 5.75 Å². The summed E-state index contributed by atoms with van der Waals surface area (Å²) in [6.07, 6.45) is 3.29. The van der Waals surface area contributed by atoms with E-state index in [1.807, 2.05) is 5.48 Å². The van der Waals surface area contributed by atoms with Gasteiger partial charge in [-0.2, -0.15) is 13.4 Å². The first-order chi connectivity index (χ1) is 12.4. The molecule has 1 aliphatic heterocycles. The van der Waals surface area contributed by atoms with Gasteiger partial charge in [-0.25, -0.2) is 13.9 Å². The van der Waals surface area contributed by atoms with Gasteiger partial charge in [0, 0.05) is 28.8 Å². The summed E-state index contributed by atoms with van der Waals surface area (Å²) in [6.45, 7) is 0.0113. The van der Waals surface area contributed by atoms with Crippen LogP contribution in [-0.2, 0) is 29.0 Å². The molecular weight excluding hydrogens is 422 g/mol. The number of nitrogens with two attached hydrogens (primary N) is 1. The number of guanidine groups is 1. The maximum atomic E-state index is 12.3. The van der Waals surface area contributed by atoms with E-state index in [2.05, 4.69) is 9.28 Å². The van der Waals surface area contributed by atoms with Gasteiger partial charge in [0.05, 0.1) is 12.9 Å². The van der Waals surface area contributed by atoms with Crippen LogP contribution in [-0.4, -0.2) is 47.8 Å². The van der Waals surface area contributed by atoms with E-state index in [0.29, 0.717) is 0 Å². The van der Waals surface area contributed by atoms with Crippen molar-refractivity contribution in [2.75, 3.05) is 19.1 Å². The predicted octanol–water partition coefficient (Wildman–Crippen LogP) is 0.232. The second kappa shape index (κ2) is 7.84. The number of halogens is 1. The molecule has 3 N–H and O–H groups in total. The van der Waals surface area contributed by atoms with Gasteiger partial charge in [0.25, 0.3) is 16.0 Å². The third kappa shape index (κ3) is 5.92. The van der Waals surface area contributed by atoms with Crippen molar-refractivity contribution in [2.24, 2.45) is 10.7 Å². The fourth-order valence-corrected chi connectivity index (χ4v) is 3.52. The molecule has 1 aliphatic rings. The molecule has 0 saturated heterocycles. The molecular formula is C14H16ClN3O7S2. The molecule has 1 aromatic carbocycles. The maximum absolute atomic E-state index is 12.3. The highest BCUT2D eigenvalue weighted by Crippen LogP contribution is 2.35. The summed E-state index contributed by atoms with van der Waals surface area (Å²) in [4.78, 5) is 15.7. The number of aliphatic imine (C=N–C) groups is 1. The van der Waals surface area contributed by atoms with E-state index >= 15 is 0 Å². The summed E-state index contributed by atoms with van der Waals surface area (Å²) >= 11 is 5.97. The molecule has 0 spiro atoms. The topological polar surface area (TPSA) is 154 Å². The number of hydrogen-bond donors (Lipinski definition) is 2. The van der Waals surface area contributed by atoms with Crippen LogP contribution in [0.5, 0.6) is 5.75 Å². The van der Waals surface area contributed by atoms with Crippen molar-refractivity contribution < 1.29 is 30.7 Å². The smallest absolute Gasteiger partial charge is 0.285 e. The lowest BCUT2D eigenvalue weighted by molar-refractivity contribution is -0.114. The first kappa shape index (κ1) is 21.2. The van der Waals surface area contributed by atoms with E-state index in [1.54, 1.807) is 0 Å². The van der Waals surface area contributed by atoms with E-state index in [0.717, 1.165) is 12.5 Å². The molecule has 0 bridgehead atoms. The molecule has 10 nitrogen and oxygen atoms in total. The highest BCUT2D eigenvalue weighted by atomic mass is 35.5. The normalized spacial score (nSPS) is 15.2. The molecule has 13 heteroatoms. The average Bonchev–Trinajstić information content (AvgIpc) is 2.72. The van der Waals surface area contributed by atoms with Gasteiger partial charge in [0.1, 0.15) is 10.6 Å². The molecule has 0 aliphatic carbocycles. The Morgan fingerprint density at radius 2 is 1.96 bits per heavy atom. The summed E-state index contributed by atoms with van der Waals surface area (Å²) in [5.74, 6) is -1.27. The Morgan fingerprint density at radius 3 is 2.56 bits per heavy atom. The number of amides is 1. The summed E-state index contributed by atoms with van der Waals surface area (Å²) in [5.41, 5.74) is 7.66. The number of carbonyl (C=O) groups is 1. The van der Waals surface area contributed by atoms with Gasteiger partial charge in [0.2, 0.25) is 5.96 Å². The monoisotopic (exact) mass is 437 g/mol. The number of rotatable bonds is 4. The highest BCUT2D eigenvalue weighted by molar-refractivity contribution is 7.90. The number of ether oxygens (including phenoxy) is 1. The van der Waals surface area contributed by atoms with Crippen LogP contribution >= 0.6 is 11.6 Å². The Morgan fingerprint density at radius 1 is 1.30 bits per heavy atom. The van der Waals surface area contributed by atoms with Crippen molar-refractivity contribution in [1.82, 2.24) is 5.48 Å². The molecule has 2 rings (SSSR count). The minimum absolute atomic E-state index is 0.0113. The van der Waals surface area contributed by atoms with Crippen LogP contribution in [0.4, 0.5) is 0 Å². The van der Waals surface area contributed by atoms with E-state index in [1.165, 1.54) is 18.2 Å². The Balaban J connectivity index is 2.38. The quantitative estimate of drug-likeness (QED) is 0.382. The molecule has 0 radical (unpaired) electrons. The highest BCUT2D eigenvalue weighted by Gasteiger charge is 2.23.